The van der Waals surface area contributed by atoms with E-state index < -0.39 is 29.6 Å². The smallest absolute Gasteiger partial charge is 0.313 e. The molecular weight excluding hydrogens is 465 g/mol. The van der Waals surface area contributed by atoms with E-state index in [1.165, 1.54) is 43.5 Å². The molecule has 3 aromatic rings. The molecule has 0 unspecified atom stereocenters. The molecule has 0 fully saturated rings. The zero-order valence-corrected chi connectivity index (χ0v) is 18.7. The number of anilines is 2. The summed E-state index contributed by atoms with van der Waals surface area (Å²) < 4.78 is 18.6. The quantitative estimate of drug-likeness (QED) is 0.382. The molecule has 0 aliphatic rings. The van der Waals surface area contributed by atoms with Crippen LogP contribution in [0.15, 0.2) is 66.7 Å². The van der Waals surface area contributed by atoms with Crippen LogP contribution in [0, 0.1) is 5.82 Å². The van der Waals surface area contributed by atoms with Crippen molar-refractivity contribution in [2.75, 3.05) is 24.3 Å². The van der Waals surface area contributed by atoms with Crippen molar-refractivity contribution < 1.29 is 28.6 Å². The molecule has 3 aromatic carbocycles. The fraction of sp³-hybridized carbons (Fsp3) is 0.125. The van der Waals surface area contributed by atoms with Gasteiger partial charge in [-0.15, -0.1) is 0 Å². The molecule has 176 valence electrons. The lowest BCUT2D eigenvalue weighted by Crippen LogP contribution is -2.37. The summed E-state index contributed by atoms with van der Waals surface area (Å²) in [5.74, 6) is -2.80. The molecule has 0 heterocycles. The second-order valence-electron chi connectivity index (χ2n) is 7.11. The van der Waals surface area contributed by atoms with Gasteiger partial charge in [-0.25, -0.2) is 4.39 Å². The van der Waals surface area contributed by atoms with Gasteiger partial charge in [0.2, 0.25) is 0 Å². The number of carbonyl (C=O) groups excluding carboxylic acids is 3. The van der Waals surface area contributed by atoms with Gasteiger partial charge in [0.15, 0.2) is 0 Å². The van der Waals surface area contributed by atoms with Crippen LogP contribution >= 0.6 is 11.6 Å². The molecule has 34 heavy (non-hydrogen) atoms. The number of amides is 3. The molecule has 3 amide bonds. The fourth-order valence-corrected chi connectivity index (χ4v) is 3.09. The van der Waals surface area contributed by atoms with Gasteiger partial charge in [0, 0.05) is 22.8 Å². The van der Waals surface area contributed by atoms with Crippen molar-refractivity contribution in [1.82, 2.24) is 5.32 Å². The van der Waals surface area contributed by atoms with E-state index in [0.717, 1.165) is 6.07 Å². The summed E-state index contributed by atoms with van der Waals surface area (Å²) in [5, 5.41) is 18.0. The average Bonchev–Trinajstić information content (AvgIpc) is 2.83. The summed E-state index contributed by atoms with van der Waals surface area (Å²) in [6, 6.07) is 15.9. The van der Waals surface area contributed by atoms with Crippen LogP contribution in [-0.2, 0) is 9.59 Å². The second-order valence-corrected chi connectivity index (χ2v) is 7.55. The molecule has 0 spiro atoms. The van der Waals surface area contributed by atoms with Crippen LogP contribution in [0.5, 0.6) is 5.75 Å². The monoisotopic (exact) mass is 485 g/mol. The molecule has 0 bridgehead atoms. The first-order chi connectivity index (χ1) is 16.3. The first-order valence-corrected chi connectivity index (χ1v) is 10.4. The highest BCUT2D eigenvalue weighted by Crippen LogP contribution is 2.28. The molecule has 0 saturated heterocycles. The summed E-state index contributed by atoms with van der Waals surface area (Å²) in [4.78, 5) is 36.9. The molecule has 1 atom stereocenters. The Balaban J connectivity index is 1.63. The summed E-state index contributed by atoms with van der Waals surface area (Å²) in [7, 11) is 1.39. The van der Waals surface area contributed by atoms with E-state index >= 15 is 0 Å². The van der Waals surface area contributed by atoms with Gasteiger partial charge in [-0.05, 0) is 54.1 Å². The maximum Gasteiger partial charge on any atom is 0.313 e. The number of hydrogen-bond acceptors (Lipinski definition) is 5. The molecule has 4 N–H and O–H groups in total. The van der Waals surface area contributed by atoms with Gasteiger partial charge in [0.25, 0.3) is 5.91 Å². The minimum Gasteiger partial charge on any atom is -0.495 e. The SMILES string of the molecule is COc1ccc(NC(=O)C(=O)NC[C@@H](O)c2ccc(Cl)cc2)cc1NC(=O)c1cccc(F)c1. The van der Waals surface area contributed by atoms with E-state index in [0.29, 0.717) is 16.3 Å². The Labute approximate surface area is 199 Å². The Kier molecular flexibility index (Phi) is 8.18. The van der Waals surface area contributed by atoms with Crippen LogP contribution in [-0.4, -0.2) is 36.5 Å². The Bertz CT molecular complexity index is 1200. The predicted octanol–water partition coefficient (Wildman–Crippen LogP) is 3.53. The molecule has 0 aliphatic carbocycles. The molecule has 10 heteroatoms. The first kappa shape index (κ1) is 24.7. The lowest BCUT2D eigenvalue weighted by molar-refractivity contribution is -0.136. The van der Waals surface area contributed by atoms with Crippen molar-refractivity contribution in [3.63, 3.8) is 0 Å². The van der Waals surface area contributed by atoms with Crippen LogP contribution < -0.4 is 20.7 Å². The van der Waals surface area contributed by atoms with E-state index in [4.69, 9.17) is 16.3 Å². The third kappa shape index (κ3) is 6.53. The number of hydrogen-bond donors (Lipinski definition) is 4. The summed E-state index contributed by atoms with van der Waals surface area (Å²) in [5.41, 5.74) is 1.02. The molecule has 0 radical (unpaired) electrons. The Morgan fingerprint density at radius 1 is 1.00 bits per heavy atom. The van der Waals surface area contributed by atoms with Gasteiger partial charge in [-0.3, -0.25) is 14.4 Å². The number of halogens is 2. The number of nitrogens with one attached hydrogen (secondary N) is 3. The van der Waals surface area contributed by atoms with Gasteiger partial charge < -0.3 is 25.8 Å². The molecule has 3 rings (SSSR count). The minimum absolute atomic E-state index is 0.0927. The third-order valence-electron chi connectivity index (χ3n) is 4.71. The Morgan fingerprint density at radius 2 is 1.74 bits per heavy atom. The molecule has 8 nitrogen and oxygen atoms in total. The van der Waals surface area contributed by atoms with E-state index in [1.54, 1.807) is 24.3 Å². The number of methoxy groups -OCH3 is 1. The van der Waals surface area contributed by atoms with Crippen LogP contribution in [0.2, 0.25) is 5.02 Å². The van der Waals surface area contributed by atoms with Crippen molar-refractivity contribution in [1.29, 1.82) is 0 Å². The van der Waals surface area contributed by atoms with Crippen LogP contribution in [0.4, 0.5) is 15.8 Å². The highest BCUT2D eigenvalue weighted by atomic mass is 35.5. The minimum atomic E-state index is -1.03. The number of aliphatic hydroxyl groups is 1. The average molecular weight is 486 g/mol. The lowest BCUT2D eigenvalue weighted by atomic mass is 10.1. The van der Waals surface area contributed by atoms with Crippen molar-refractivity contribution >= 4 is 40.7 Å². The van der Waals surface area contributed by atoms with Gasteiger partial charge in [-0.2, -0.15) is 0 Å². The van der Waals surface area contributed by atoms with Crippen LogP contribution in [0.1, 0.15) is 22.0 Å². The topological polar surface area (TPSA) is 117 Å². The van der Waals surface area contributed by atoms with Crippen molar-refractivity contribution in [2.24, 2.45) is 0 Å². The zero-order chi connectivity index (χ0) is 24.7. The van der Waals surface area contributed by atoms with Gasteiger partial charge in [0.1, 0.15) is 11.6 Å². The van der Waals surface area contributed by atoms with Gasteiger partial charge >= 0.3 is 11.8 Å². The predicted molar refractivity (Wildman–Crippen MR) is 125 cm³/mol. The molecule has 0 aliphatic heterocycles. The molecule has 0 aromatic heterocycles. The maximum atomic E-state index is 13.4. The first-order valence-electron chi connectivity index (χ1n) is 10.0. The fourth-order valence-electron chi connectivity index (χ4n) is 2.97. The van der Waals surface area contributed by atoms with E-state index in [9.17, 15) is 23.9 Å². The summed E-state index contributed by atoms with van der Waals surface area (Å²) in [6.45, 7) is -0.189. The van der Waals surface area contributed by atoms with E-state index in [1.807, 2.05) is 0 Å². The Hall–Kier alpha value is -3.95. The number of aliphatic hydroxyl groups excluding tert-OH is 1. The van der Waals surface area contributed by atoms with E-state index in [-0.39, 0.29) is 23.5 Å². The van der Waals surface area contributed by atoms with E-state index in [2.05, 4.69) is 16.0 Å². The summed E-state index contributed by atoms with van der Waals surface area (Å²) >= 11 is 5.81. The Morgan fingerprint density at radius 3 is 2.41 bits per heavy atom. The van der Waals surface area contributed by atoms with Gasteiger partial charge in [-0.1, -0.05) is 29.8 Å². The number of rotatable bonds is 7. The third-order valence-corrected chi connectivity index (χ3v) is 4.96. The maximum absolute atomic E-state index is 13.4. The van der Waals surface area contributed by atoms with Crippen LogP contribution in [0.25, 0.3) is 0 Å². The van der Waals surface area contributed by atoms with Crippen molar-refractivity contribution in [3.05, 3.63) is 88.7 Å². The lowest BCUT2D eigenvalue weighted by Gasteiger charge is -2.14. The zero-order valence-electron chi connectivity index (χ0n) is 18.0. The molecule has 0 saturated carbocycles. The highest BCUT2D eigenvalue weighted by molar-refractivity contribution is 6.39. The summed E-state index contributed by atoms with van der Waals surface area (Å²) in [6.07, 6.45) is -1.03. The number of benzene rings is 3. The highest BCUT2D eigenvalue weighted by Gasteiger charge is 2.18. The van der Waals surface area contributed by atoms with Gasteiger partial charge in [0.05, 0.1) is 18.9 Å². The van der Waals surface area contributed by atoms with Crippen molar-refractivity contribution in [3.8, 4) is 5.75 Å². The molecular formula is C24H21ClFN3O5. The largest absolute Gasteiger partial charge is 0.495 e. The normalized spacial score (nSPS) is 11.3. The second kappa shape index (κ2) is 11.3. The van der Waals surface area contributed by atoms with Crippen molar-refractivity contribution in [2.45, 2.75) is 6.10 Å². The standard InChI is InChI=1S/C24H21ClFN3O5/c1-34-21-10-9-18(12-19(21)29-22(31)15-3-2-4-17(26)11-15)28-24(33)23(32)27-13-20(30)14-5-7-16(25)8-6-14/h2-12,20,30H,13H2,1H3,(H,27,32)(H,28,33)(H,29,31)/t20-/m1/s1. The number of ether oxygens (including phenoxy) is 1. The number of carbonyl (C=O) groups is 3. The van der Waals surface area contributed by atoms with Crippen LogP contribution in [0.3, 0.4) is 0 Å².